The minimum Gasteiger partial charge on any atom is -0.386 e. The Kier molecular flexibility index (Phi) is 5.22. The van der Waals surface area contributed by atoms with E-state index in [-0.39, 0.29) is 18.9 Å². The zero-order valence-corrected chi connectivity index (χ0v) is 15.5. The van der Waals surface area contributed by atoms with Crippen LogP contribution in [-0.2, 0) is 11.2 Å². The van der Waals surface area contributed by atoms with Crippen LogP contribution >= 0.6 is 0 Å². The average Bonchev–Trinajstić information content (AvgIpc) is 2.94. The first kappa shape index (κ1) is 18.3. The van der Waals surface area contributed by atoms with Crippen LogP contribution in [0, 0.1) is 13.8 Å². The number of carbonyl (C=O) groups is 1. The van der Waals surface area contributed by atoms with Crippen molar-refractivity contribution in [3.05, 3.63) is 35.6 Å². The van der Waals surface area contributed by atoms with Crippen molar-refractivity contribution in [2.45, 2.75) is 38.7 Å². The molecule has 8 nitrogen and oxygen atoms in total. The van der Waals surface area contributed by atoms with Gasteiger partial charge < -0.3 is 19.4 Å². The van der Waals surface area contributed by atoms with E-state index in [0.717, 1.165) is 30.0 Å². The number of carbonyl (C=O) groups excluding carboxylic acids is 1. The third kappa shape index (κ3) is 4.01. The SMILES string of the molecule is Cc1noc(C)c1CC(=O)N(C)CC1(O)CCCN(c2cnccn2)C1. The van der Waals surface area contributed by atoms with E-state index in [0.29, 0.717) is 18.7 Å². The summed E-state index contributed by atoms with van der Waals surface area (Å²) >= 11 is 0. The highest BCUT2D eigenvalue weighted by atomic mass is 16.5. The minimum absolute atomic E-state index is 0.0653. The Morgan fingerprint density at radius 1 is 1.42 bits per heavy atom. The van der Waals surface area contributed by atoms with E-state index in [2.05, 4.69) is 15.1 Å². The van der Waals surface area contributed by atoms with Crippen molar-refractivity contribution < 1.29 is 14.4 Å². The molecule has 1 saturated heterocycles. The van der Waals surface area contributed by atoms with Crippen molar-refractivity contribution in [2.24, 2.45) is 0 Å². The zero-order valence-electron chi connectivity index (χ0n) is 15.5. The molecular weight excluding hydrogens is 334 g/mol. The Balaban J connectivity index is 1.64. The third-order valence-electron chi connectivity index (χ3n) is 4.90. The van der Waals surface area contributed by atoms with Gasteiger partial charge in [0.15, 0.2) is 0 Å². The number of nitrogens with zero attached hydrogens (tertiary/aromatic N) is 5. The summed E-state index contributed by atoms with van der Waals surface area (Å²) in [5, 5.41) is 14.9. The predicted octanol–water partition coefficient (Wildman–Crippen LogP) is 1.11. The van der Waals surface area contributed by atoms with Gasteiger partial charge in [-0.3, -0.25) is 9.78 Å². The Bertz CT molecular complexity index is 744. The maximum atomic E-state index is 12.6. The Labute approximate surface area is 152 Å². The molecule has 1 atom stereocenters. The normalized spacial score (nSPS) is 20.2. The van der Waals surface area contributed by atoms with E-state index in [1.54, 1.807) is 37.5 Å². The molecule has 2 aromatic rings. The second-order valence-corrected chi connectivity index (χ2v) is 7.04. The lowest BCUT2D eigenvalue weighted by Crippen LogP contribution is -2.55. The summed E-state index contributed by atoms with van der Waals surface area (Å²) in [7, 11) is 1.72. The molecule has 2 aromatic heterocycles. The van der Waals surface area contributed by atoms with Crippen LogP contribution in [0.1, 0.15) is 29.9 Å². The lowest BCUT2D eigenvalue weighted by molar-refractivity contribution is -0.132. The molecule has 0 saturated carbocycles. The summed E-state index contributed by atoms with van der Waals surface area (Å²) < 4.78 is 5.12. The van der Waals surface area contributed by atoms with Gasteiger partial charge in [0, 0.05) is 38.1 Å². The second-order valence-electron chi connectivity index (χ2n) is 7.04. The maximum Gasteiger partial charge on any atom is 0.227 e. The molecule has 0 bridgehead atoms. The highest BCUT2D eigenvalue weighted by molar-refractivity contribution is 5.79. The number of amides is 1. The first-order valence-corrected chi connectivity index (χ1v) is 8.77. The molecule has 0 radical (unpaired) electrons. The van der Waals surface area contributed by atoms with Gasteiger partial charge in [0.25, 0.3) is 0 Å². The van der Waals surface area contributed by atoms with Crippen LogP contribution < -0.4 is 4.90 Å². The van der Waals surface area contributed by atoms with Crippen molar-refractivity contribution in [1.82, 2.24) is 20.0 Å². The van der Waals surface area contributed by atoms with Gasteiger partial charge in [0.1, 0.15) is 11.6 Å². The van der Waals surface area contributed by atoms with Gasteiger partial charge in [-0.2, -0.15) is 0 Å². The number of anilines is 1. The predicted molar refractivity (Wildman–Crippen MR) is 95.7 cm³/mol. The molecule has 3 heterocycles. The van der Waals surface area contributed by atoms with E-state index in [1.807, 2.05) is 11.8 Å². The molecule has 1 amide bonds. The summed E-state index contributed by atoms with van der Waals surface area (Å²) in [6, 6.07) is 0. The standard InChI is InChI=1S/C18H25N5O3/c1-13-15(14(2)26-21-13)9-17(24)22(3)11-18(25)5-4-8-23(12-18)16-10-19-6-7-20-16/h6-7,10,25H,4-5,8-9,11-12H2,1-3H3. The largest absolute Gasteiger partial charge is 0.386 e. The summed E-state index contributed by atoms with van der Waals surface area (Å²) in [5.74, 6) is 1.34. The number of likely N-dealkylation sites (N-methyl/N-ethyl adjacent to an activating group) is 1. The number of rotatable bonds is 5. The highest BCUT2D eigenvalue weighted by Gasteiger charge is 2.36. The first-order chi connectivity index (χ1) is 12.4. The topological polar surface area (TPSA) is 95.6 Å². The maximum absolute atomic E-state index is 12.6. The molecule has 1 fully saturated rings. The molecule has 1 N–H and O–H groups in total. The molecule has 1 unspecified atom stereocenters. The van der Waals surface area contributed by atoms with Gasteiger partial charge in [-0.05, 0) is 26.7 Å². The molecule has 8 heteroatoms. The number of aromatic nitrogens is 3. The van der Waals surface area contributed by atoms with Crippen LogP contribution in [-0.4, -0.2) is 63.3 Å². The number of hydrogen-bond donors (Lipinski definition) is 1. The number of β-amino-alcohol motifs (C(OH)–C–C–N with tert-alkyl or cyclic N) is 1. The fourth-order valence-corrected chi connectivity index (χ4v) is 3.46. The van der Waals surface area contributed by atoms with Crippen molar-refractivity contribution in [3.8, 4) is 0 Å². The fourth-order valence-electron chi connectivity index (χ4n) is 3.46. The summed E-state index contributed by atoms with van der Waals surface area (Å²) in [5.41, 5.74) is 0.576. The van der Waals surface area contributed by atoms with Crippen molar-refractivity contribution >= 4 is 11.7 Å². The van der Waals surface area contributed by atoms with E-state index in [1.165, 1.54) is 0 Å². The smallest absolute Gasteiger partial charge is 0.227 e. The van der Waals surface area contributed by atoms with E-state index < -0.39 is 5.60 Å². The van der Waals surface area contributed by atoms with Gasteiger partial charge in [-0.25, -0.2) is 4.98 Å². The van der Waals surface area contributed by atoms with Crippen LogP contribution in [0.25, 0.3) is 0 Å². The minimum atomic E-state index is -0.973. The van der Waals surface area contributed by atoms with Gasteiger partial charge in [0.2, 0.25) is 5.91 Å². The van der Waals surface area contributed by atoms with Crippen LogP contribution in [0.4, 0.5) is 5.82 Å². The molecule has 26 heavy (non-hydrogen) atoms. The van der Waals surface area contributed by atoms with Crippen LogP contribution in [0.3, 0.4) is 0 Å². The van der Waals surface area contributed by atoms with Crippen molar-refractivity contribution in [2.75, 3.05) is 31.6 Å². The summed E-state index contributed by atoms with van der Waals surface area (Å²) in [4.78, 5) is 24.6. The Morgan fingerprint density at radius 3 is 2.88 bits per heavy atom. The third-order valence-corrected chi connectivity index (χ3v) is 4.90. The molecule has 140 valence electrons. The lowest BCUT2D eigenvalue weighted by Gasteiger charge is -2.41. The average molecular weight is 359 g/mol. The second kappa shape index (κ2) is 7.41. The van der Waals surface area contributed by atoms with E-state index in [4.69, 9.17) is 4.52 Å². The molecule has 1 aliphatic rings. The number of aliphatic hydroxyl groups is 1. The van der Waals surface area contributed by atoms with Gasteiger partial charge in [-0.15, -0.1) is 0 Å². The number of aryl methyl sites for hydroxylation is 2. The summed E-state index contributed by atoms with van der Waals surface area (Å²) in [6.45, 7) is 5.14. The molecule has 0 aliphatic carbocycles. The number of piperidine rings is 1. The van der Waals surface area contributed by atoms with E-state index >= 15 is 0 Å². The van der Waals surface area contributed by atoms with Crippen molar-refractivity contribution in [3.63, 3.8) is 0 Å². The van der Waals surface area contributed by atoms with Crippen molar-refractivity contribution in [1.29, 1.82) is 0 Å². The van der Waals surface area contributed by atoms with Gasteiger partial charge >= 0.3 is 0 Å². The zero-order chi connectivity index (χ0) is 18.7. The first-order valence-electron chi connectivity index (χ1n) is 8.77. The van der Waals surface area contributed by atoms with Crippen LogP contribution in [0.2, 0.25) is 0 Å². The summed E-state index contributed by atoms with van der Waals surface area (Å²) in [6.07, 6.45) is 6.66. The fraction of sp³-hybridized carbons (Fsp3) is 0.556. The van der Waals surface area contributed by atoms with Crippen LogP contribution in [0.15, 0.2) is 23.1 Å². The molecular formula is C18H25N5O3. The Hall–Kier alpha value is -2.48. The Morgan fingerprint density at radius 2 is 2.23 bits per heavy atom. The lowest BCUT2D eigenvalue weighted by atomic mass is 9.92. The molecule has 0 aromatic carbocycles. The molecule has 0 spiro atoms. The van der Waals surface area contributed by atoms with Gasteiger partial charge in [0.05, 0.1) is 30.5 Å². The van der Waals surface area contributed by atoms with Crippen LogP contribution in [0.5, 0.6) is 0 Å². The highest BCUT2D eigenvalue weighted by Crippen LogP contribution is 2.25. The number of hydrogen-bond acceptors (Lipinski definition) is 7. The monoisotopic (exact) mass is 359 g/mol. The van der Waals surface area contributed by atoms with E-state index in [9.17, 15) is 9.90 Å². The molecule has 1 aliphatic heterocycles. The molecule has 3 rings (SSSR count). The quantitative estimate of drug-likeness (QED) is 0.854. The van der Waals surface area contributed by atoms with Gasteiger partial charge in [-0.1, -0.05) is 5.16 Å².